The van der Waals surface area contributed by atoms with Crippen LogP contribution in [0.25, 0.3) is 0 Å². The molecule has 0 unspecified atom stereocenters. The number of aromatic nitrogens is 2. The predicted molar refractivity (Wildman–Crippen MR) is 125 cm³/mol. The van der Waals surface area contributed by atoms with E-state index in [4.69, 9.17) is 22.1 Å². The molecule has 0 saturated carbocycles. The molecule has 0 atom stereocenters. The normalized spacial score (nSPS) is 10.4. The molecule has 0 aliphatic heterocycles. The van der Waals surface area contributed by atoms with E-state index in [9.17, 15) is 14.4 Å². The van der Waals surface area contributed by atoms with Crippen molar-refractivity contribution in [1.29, 1.82) is 0 Å². The standard InChI is InChI=1S/C23H22ClN5O4/c1-14(30)15-5-7-17(19(12-15)33-11-3-9-25)22(31)28-18-4-2-10-26-21(18)23(32)29-20-8-6-16(24)13-27-20/h2,4-8,10,12-13H,3,9,11,25H2,1H3,(H,28,31)(H,27,29,32). The number of carbonyl (C=O) groups excluding carboxylic acids is 3. The number of hydrogen-bond acceptors (Lipinski definition) is 7. The van der Waals surface area contributed by atoms with Gasteiger partial charge in [-0.1, -0.05) is 17.7 Å². The van der Waals surface area contributed by atoms with Gasteiger partial charge in [0.1, 0.15) is 11.6 Å². The third-order valence-corrected chi connectivity index (χ3v) is 4.70. The van der Waals surface area contributed by atoms with E-state index in [-0.39, 0.29) is 40.9 Å². The lowest BCUT2D eigenvalue weighted by Crippen LogP contribution is -2.20. The molecule has 33 heavy (non-hydrogen) atoms. The van der Waals surface area contributed by atoms with Gasteiger partial charge in [-0.25, -0.2) is 9.97 Å². The Morgan fingerprint density at radius 1 is 1.06 bits per heavy atom. The van der Waals surface area contributed by atoms with Crippen molar-refractivity contribution >= 4 is 40.7 Å². The van der Waals surface area contributed by atoms with E-state index >= 15 is 0 Å². The minimum Gasteiger partial charge on any atom is -0.493 e. The summed E-state index contributed by atoms with van der Waals surface area (Å²) in [4.78, 5) is 45.6. The number of rotatable bonds is 9. The van der Waals surface area contributed by atoms with Crippen molar-refractivity contribution in [2.75, 3.05) is 23.8 Å². The number of benzene rings is 1. The molecule has 0 bridgehead atoms. The molecule has 2 aromatic heterocycles. The van der Waals surface area contributed by atoms with Crippen LogP contribution in [0.5, 0.6) is 5.75 Å². The highest BCUT2D eigenvalue weighted by molar-refractivity contribution is 6.30. The van der Waals surface area contributed by atoms with Gasteiger partial charge < -0.3 is 21.1 Å². The topological polar surface area (TPSA) is 136 Å². The van der Waals surface area contributed by atoms with Gasteiger partial charge in [0.05, 0.1) is 22.9 Å². The summed E-state index contributed by atoms with van der Waals surface area (Å²) in [6.45, 7) is 2.13. The first kappa shape index (κ1) is 23.8. The zero-order chi connectivity index (χ0) is 23.8. The van der Waals surface area contributed by atoms with Crippen LogP contribution in [-0.4, -0.2) is 40.7 Å². The summed E-state index contributed by atoms with van der Waals surface area (Å²) in [7, 11) is 0. The molecule has 9 nitrogen and oxygen atoms in total. The molecule has 1 aromatic carbocycles. The molecule has 4 N–H and O–H groups in total. The molecule has 0 aliphatic carbocycles. The van der Waals surface area contributed by atoms with Crippen molar-refractivity contribution in [3.8, 4) is 5.75 Å². The third-order valence-electron chi connectivity index (χ3n) is 4.48. The maximum atomic E-state index is 13.0. The van der Waals surface area contributed by atoms with Gasteiger partial charge in [0.25, 0.3) is 11.8 Å². The molecule has 170 valence electrons. The Morgan fingerprint density at radius 3 is 2.58 bits per heavy atom. The molecular formula is C23H22ClN5O4. The van der Waals surface area contributed by atoms with Crippen LogP contribution < -0.4 is 21.1 Å². The van der Waals surface area contributed by atoms with Gasteiger partial charge in [0, 0.05) is 18.0 Å². The molecule has 0 spiro atoms. The monoisotopic (exact) mass is 467 g/mol. The van der Waals surface area contributed by atoms with Gasteiger partial charge in [0.15, 0.2) is 11.5 Å². The predicted octanol–water partition coefficient (Wildman–Crippen LogP) is 3.56. The quantitative estimate of drug-likeness (QED) is 0.323. The summed E-state index contributed by atoms with van der Waals surface area (Å²) in [6, 6.07) is 10.8. The van der Waals surface area contributed by atoms with Crippen molar-refractivity contribution in [1.82, 2.24) is 9.97 Å². The molecule has 0 saturated heterocycles. The number of Topliss-reactive ketones (excluding diaryl/α,β-unsaturated/α-hetero) is 1. The summed E-state index contributed by atoms with van der Waals surface area (Å²) in [5.74, 6) is -0.726. The number of ketones is 1. The Balaban J connectivity index is 1.83. The second-order valence-electron chi connectivity index (χ2n) is 6.93. The van der Waals surface area contributed by atoms with E-state index in [2.05, 4.69) is 20.6 Å². The van der Waals surface area contributed by atoms with Crippen molar-refractivity contribution in [3.05, 3.63) is 76.7 Å². The van der Waals surface area contributed by atoms with E-state index in [1.807, 2.05) is 0 Å². The van der Waals surface area contributed by atoms with Gasteiger partial charge >= 0.3 is 0 Å². The highest BCUT2D eigenvalue weighted by atomic mass is 35.5. The lowest BCUT2D eigenvalue weighted by atomic mass is 10.1. The number of anilines is 2. The number of carbonyl (C=O) groups is 3. The number of nitrogens with two attached hydrogens (primary N) is 1. The number of pyridine rings is 2. The maximum absolute atomic E-state index is 13.0. The molecule has 2 heterocycles. The lowest BCUT2D eigenvalue weighted by Gasteiger charge is -2.14. The number of hydrogen-bond donors (Lipinski definition) is 3. The zero-order valence-electron chi connectivity index (χ0n) is 17.8. The molecular weight excluding hydrogens is 446 g/mol. The Morgan fingerprint density at radius 2 is 1.88 bits per heavy atom. The molecule has 3 rings (SSSR count). The summed E-state index contributed by atoms with van der Waals surface area (Å²) >= 11 is 5.82. The Bertz CT molecular complexity index is 1170. The van der Waals surface area contributed by atoms with Gasteiger partial charge in [-0.15, -0.1) is 0 Å². The third kappa shape index (κ3) is 6.34. The smallest absolute Gasteiger partial charge is 0.277 e. The van der Waals surface area contributed by atoms with Crippen LogP contribution in [0.3, 0.4) is 0 Å². The first-order valence-corrected chi connectivity index (χ1v) is 10.4. The van der Waals surface area contributed by atoms with E-state index in [0.29, 0.717) is 23.6 Å². The van der Waals surface area contributed by atoms with Crippen LogP contribution in [0.1, 0.15) is 44.5 Å². The molecule has 10 heteroatoms. The Kier molecular flexibility index (Phi) is 8.06. The second kappa shape index (κ2) is 11.2. The Labute approximate surface area is 195 Å². The first-order chi connectivity index (χ1) is 15.9. The SMILES string of the molecule is CC(=O)c1ccc(C(=O)Nc2cccnc2C(=O)Nc2ccc(Cl)cn2)c(OCCCN)c1. The van der Waals surface area contributed by atoms with Crippen LogP contribution >= 0.6 is 11.6 Å². The number of halogens is 1. The van der Waals surface area contributed by atoms with Crippen molar-refractivity contribution < 1.29 is 19.1 Å². The summed E-state index contributed by atoms with van der Waals surface area (Å²) < 4.78 is 5.69. The van der Waals surface area contributed by atoms with E-state index < -0.39 is 11.8 Å². The first-order valence-electron chi connectivity index (χ1n) is 10.1. The molecule has 2 amide bonds. The van der Waals surface area contributed by atoms with Gasteiger partial charge in [-0.3, -0.25) is 14.4 Å². The molecule has 3 aromatic rings. The van der Waals surface area contributed by atoms with Crippen molar-refractivity contribution in [3.63, 3.8) is 0 Å². The molecule has 0 radical (unpaired) electrons. The fourth-order valence-electron chi connectivity index (χ4n) is 2.82. The van der Waals surface area contributed by atoms with E-state index in [1.165, 1.54) is 37.5 Å². The number of nitrogens with one attached hydrogen (secondary N) is 2. The minimum atomic E-state index is -0.563. The fraction of sp³-hybridized carbons (Fsp3) is 0.174. The maximum Gasteiger partial charge on any atom is 0.277 e. The number of ether oxygens (including phenoxy) is 1. The molecule has 0 fully saturated rings. The zero-order valence-corrected chi connectivity index (χ0v) is 18.6. The van der Waals surface area contributed by atoms with Gasteiger partial charge in [-0.05, 0) is 56.3 Å². The van der Waals surface area contributed by atoms with Crippen LogP contribution in [0, 0.1) is 0 Å². The van der Waals surface area contributed by atoms with Gasteiger partial charge in [0.2, 0.25) is 0 Å². The number of nitrogens with zero attached hydrogens (tertiary/aromatic N) is 2. The van der Waals surface area contributed by atoms with E-state index in [0.717, 1.165) is 0 Å². The summed E-state index contributed by atoms with van der Waals surface area (Å²) in [5.41, 5.74) is 6.30. The average molecular weight is 468 g/mol. The summed E-state index contributed by atoms with van der Waals surface area (Å²) in [5, 5.41) is 5.73. The highest BCUT2D eigenvalue weighted by Gasteiger charge is 2.19. The number of amides is 2. The van der Waals surface area contributed by atoms with Crippen molar-refractivity contribution in [2.24, 2.45) is 5.73 Å². The fourth-order valence-corrected chi connectivity index (χ4v) is 2.93. The van der Waals surface area contributed by atoms with Crippen LogP contribution in [0.2, 0.25) is 5.02 Å². The lowest BCUT2D eigenvalue weighted by molar-refractivity contribution is 0.1000. The second-order valence-corrected chi connectivity index (χ2v) is 7.36. The highest BCUT2D eigenvalue weighted by Crippen LogP contribution is 2.24. The van der Waals surface area contributed by atoms with Gasteiger partial charge in [-0.2, -0.15) is 0 Å². The average Bonchev–Trinajstić information content (AvgIpc) is 2.81. The summed E-state index contributed by atoms with van der Waals surface area (Å²) in [6.07, 6.45) is 3.41. The van der Waals surface area contributed by atoms with Crippen molar-refractivity contribution in [2.45, 2.75) is 13.3 Å². The van der Waals surface area contributed by atoms with Crippen LogP contribution in [-0.2, 0) is 0 Å². The Hall–Kier alpha value is -3.82. The molecule has 0 aliphatic rings. The van der Waals surface area contributed by atoms with Crippen LogP contribution in [0.15, 0.2) is 54.9 Å². The van der Waals surface area contributed by atoms with Crippen LogP contribution in [0.4, 0.5) is 11.5 Å². The largest absolute Gasteiger partial charge is 0.493 e. The van der Waals surface area contributed by atoms with E-state index in [1.54, 1.807) is 24.3 Å². The minimum absolute atomic E-state index is 0.00597.